The summed E-state index contributed by atoms with van der Waals surface area (Å²) in [6.07, 6.45) is 13.1. The van der Waals surface area contributed by atoms with E-state index in [2.05, 4.69) is 12.2 Å². The summed E-state index contributed by atoms with van der Waals surface area (Å²) < 4.78 is 0. The zero-order valence-electron chi connectivity index (χ0n) is 13.5. The first-order valence-corrected chi connectivity index (χ1v) is 8.38. The number of hydrogen-bond donors (Lipinski definition) is 4. The number of carboxylic acid groups (broad SMARTS) is 1. The summed E-state index contributed by atoms with van der Waals surface area (Å²) in [5.41, 5.74) is 5.17. The van der Waals surface area contributed by atoms with Crippen LogP contribution in [0.25, 0.3) is 0 Å². The Labute approximate surface area is 129 Å². The van der Waals surface area contributed by atoms with Gasteiger partial charge in [0.15, 0.2) is 5.96 Å². The maximum absolute atomic E-state index is 11.1. The molecule has 0 bridgehead atoms. The number of rotatable bonds is 14. The van der Waals surface area contributed by atoms with Gasteiger partial charge in [0.2, 0.25) is 0 Å². The highest BCUT2D eigenvalue weighted by Crippen LogP contribution is 2.14. The highest BCUT2D eigenvalue weighted by Gasteiger charge is 2.16. The van der Waals surface area contributed by atoms with Crippen molar-refractivity contribution in [3.05, 3.63) is 0 Å². The van der Waals surface area contributed by atoms with Crippen LogP contribution in [0, 0.1) is 11.3 Å². The fraction of sp³-hybridized carbons (Fsp3) is 0.875. The van der Waals surface area contributed by atoms with Crippen molar-refractivity contribution in [2.75, 3.05) is 6.54 Å². The SMILES string of the molecule is CCCCCCCCCCCCC(CNC(=N)N)C(=O)O. The zero-order chi connectivity index (χ0) is 15.9. The van der Waals surface area contributed by atoms with E-state index in [-0.39, 0.29) is 12.5 Å². The molecule has 0 heterocycles. The Hall–Kier alpha value is -1.26. The van der Waals surface area contributed by atoms with Crippen LogP contribution in [-0.2, 0) is 4.79 Å². The average Bonchev–Trinajstić information content (AvgIpc) is 2.43. The van der Waals surface area contributed by atoms with Gasteiger partial charge in [-0.05, 0) is 6.42 Å². The first-order chi connectivity index (χ1) is 10.1. The lowest BCUT2D eigenvalue weighted by Crippen LogP contribution is -2.36. The molecule has 0 saturated carbocycles. The number of unbranched alkanes of at least 4 members (excludes halogenated alkanes) is 9. The molecule has 0 aliphatic rings. The van der Waals surface area contributed by atoms with Crippen molar-refractivity contribution in [1.82, 2.24) is 5.32 Å². The van der Waals surface area contributed by atoms with Gasteiger partial charge in [-0.25, -0.2) is 0 Å². The Kier molecular flexibility index (Phi) is 12.9. The van der Waals surface area contributed by atoms with Crippen molar-refractivity contribution < 1.29 is 9.90 Å². The van der Waals surface area contributed by atoms with E-state index in [4.69, 9.17) is 16.2 Å². The normalized spacial score (nSPS) is 12.0. The third-order valence-electron chi connectivity index (χ3n) is 3.79. The third kappa shape index (κ3) is 13.5. The quantitative estimate of drug-likeness (QED) is 0.224. The van der Waals surface area contributed by atoms with Crippen LogP contribution in [0.5, 0.6) is 0 Å². The maximum Gasteiger partial charge on any atom is 0.308 e. The number of nitrogens with two attached hydrogens (primary N) is 1. The van der Waals surface area contributed by atoms with Gasteiger partial charge in [0.25, 0.3) is 0 Å². The van der Waals surface area contributed by atoms with E-state index in [1.807, 2.05) is 0 Å². The second-order valence-electron chi connectivity index (χ2n) is 5.80. The molecule has 0 radical (unpaired) electrons. The molecule has 0 amide bonds. The van der Waals surface area contributed by atoms with E-state index in [0.717, 1.165) is 12.8 Å². The van der Waals surface area contributed by atoms with Gasteiger partial charge in [-0.2, -0.15) is 0 Å². The van der Waals surface area contributed by atoms with Gasteiger partial charge in [-0.15, -0.1) is 0 Å². The molecule has 0 rings (SSSR count). The van der Waals surface area contributed by atoms with Crippen molar-refractivity contribution in [1.29, 1.82) is 5.41 Å². The van der Waals surface area contributed by atoms with Crippen molar-refractivity contribution in [3.8, 4) is 0 Å². The lowest BCUT2D eigenvalue weighted by atomic mass is 10.00. The maximum atomic E-state index is 11.1. The van der Waals surface area contributed by atoms with E-state index in [1.165, 1.54) is 51.4 Å². The van der Waals surface area contributed by atoms with Gasteiger partial charge in [0.1, 0.15) is 0 Å². The zero-order valence-corrected chi connectivity index (χ0v) is 13.5. The predicted molar refractivity (Wildman–Crippen MR) is 87.5 cm³/mol. The van der Waals surface area contributed by atoms with Crippen LogP contribution >= 0.6 is 0 Å². The van der Waals surface area contributed by atoms with Gasteiger partial charge in [-0.3, -0.25) is 10.2 Å². The minimum absolute atomic E-state index is 0.163. The molecular weight excluding hydrogens is 266 g/mol. The minimum atomic E-state index is -0.806. The van der Waals surface area contributed by atoms with E-state index in [9.17, 15) is 4.79 Å². The fourth-order valence-corrected chi connectivity index (χ4v) is 2.42. The molecule has 0 aromatic rings. The smallest absolute Gasteiger partial charge is 0.308 e. The van der Waals surface area contributed by atoms with Crippen molar-refractivity contribution >= 4 is 11.9 Å². The summed E-state index contributed by atoms with van der Waals surface area (Å²) in [6, 6.07) is 0. The van der Waals surface area contributed by atoms with Crippen LogP contribution in [0.2, 0.25) is 0 Å². The van der Waals surface area contributed by atoms with Crippen molar-refractivity contribution in [2.24, 2.45) is 11.7 Å². The van der Waals surface area contributed by atoms with Crippen molar-refractivity contribution in [2.45, 2.75) is 77.6 Å². The summed E-state index contributed by atoms with van der Waals surface area (Å²) in [5, 5.41) is 18.7. The monoisotopic (exact) mass is 299 g/mol. The summed E-state index contributed by atoms with van der Waals surface area (Å²) in [4.78, 5) is 11.1. The minimum Gasteiger partial charge on any atom is -0.481 e. The van der Waals surface area contributed by atoms with Crippen LogP contribution in [0.4, 0.5) is 0 Å². The fourth-order valence-electron chi connectivity index (χ4n) is 2.42. The molecule has 5 N–H and O–H groups in total. The van der Waals surface area contributed by atoms with Crippen molar-refractivity contribution in [3.63, 3.8) is 0 Å². The van der Waals surface area contributed by atoms with Crippen LogP contribution < -0.4 is 11.1 Å². The van der Waals surface area contributed by atoms with Gasteiger partial charge in [0.05, 0.1) is 5.92 Å². The van der Waals surface area contributed by atoms with E-state index >= 15 is 0 Å². The Morgan fingerprint density at radius 2 is 1.52 bits per heavy atom. The van der Waals surface area contributed by atoms with Gasteiger partial charge < -0.3 is 16.2 Å². The Balaban J connectivity index is 3.45. The van der Waals surface area contributed by atoms with Crippen LogP contribution in [0.3, 0.4) is 0 Å². The number of carboxylic acids is 1. The molecule has 21 heavy (non-hydrogen) atoms. The summed E-state index contributed by atoms with van der Waals surface area (Å²) >= 11 is 0. The molecule has 0 aromatic carbocycles. The molecule has 0 aromatic heterocycles. The van der Waals surface area contributed by atoms with E-state index in [1.54, 1.807) is 0 Å². The number of guanidine groups is 1. The van der Waals surface area contributed by atoms with Gasteiger partial charge in [-0.1, -0.05) is 71.1 Å². The lowest BCUT2D eigenvalue weighted by molar-refractivity contribution is -0.141. The third-order valence-corrected chi connectivity index (χ3v) is 3.79. The summed E-state index contributed by atoms with van der Waals surface area (Å²) in [6.45, 7) is 2.48. The topological polar surface area (TPSA) is 99.2 Å². The van der Waals surface area contributed by atoms with Crippen LogP contribution in [0.15, 0.2) is 0 Å². The molecule has 1 atom stereocenters. The van der Waals surface area contributed by atoms with E-state index < -0.39 is 11.9 Å². The molecule has 5 heteroatoms. The molecule has 124 valence electrons. The Bertz CT molecular complexity index is 283. The lowest BCUT2D eigenvalue weighted by Gasteiger charge is -2.13. The van der Waals surface area contributed by atoms with Crippen LogP contribution in [-0.4, -0.2) is 23.6 Å². The molecule has 5 nitrogen and oxygen atoms in total. The molecule has 0 fully saturated rings. The van der Waals surface area contributed by atoms with Gasteiger partial charge >= 0.3 is 5.97 Å². The largest absolute Gasteiger partial charge is 0.481 e. The first-order valence-electron chi connectivity index (χ1n) is 8.38. The number of hydrogen-bond acceptors (Lipinski definition) is 2. The molecule has 0 aliphatic carbocycles. The van der Waals surface area contributed by atoms with Gasteiger partial charge in [0, 0.05) is 6.54 Å². The first kappa shape index (κ1) is 19.7. The second-order valence-corrected chi connectivity index (χ2v) is 5.80. The number of nitrogens with one attached hydrogen (secondary N) is 2. The predicted octanol–water partition coefficient (Wildman–Crippen LogP) is 3.48. The second kappa shape index (κ2) is 13.7. The number of aliphatic carboxylic acids is 1. The van der Waals surface area contributed by atoms with Crippen LogP contribution in [0.1, 0.15) is 77.6 Å². The Morgan fingerprint density at radius 3 is 1.95 bits per heavy atom. The molecule has 1 unspecified atom stereocenters. The highest BCUT2D eigenvalue weighted by molar-refractivity contribution is 5.76. The highest BCUT2D eigenvalue weighted by atomic mass is 16.4. The molecule has 0 aliphatic heterocycles. The Morgan fingerprint density at radius 1 is 1.05 bits per heavy atom. The molecular formula is C16H33N3O2. The standard InChI is InChI=1S/C16H33N3O2/c1-2-3-4-5-6-7-8-9-10-11-12-14(15(20)21)13-19-16(17)18/h14H,2-13H2,1H3,(H,20,21)(H4,17,18,19). The van der Waals surface area contributed by atoms with E-state index in [0.29, 0.717) is 6.42 Å². The number of carbonyl (C=O) groups is 1. The summed E-state index contributed by atoms with van der Waals surface area (Å²) in [5.74, 6) is -1.41. The average molecular weight is 299 g/mol. The molecule has 0 saturated heterocycles. The molecule has 0 spiro atoms. The summed E-state index contributed by atoms with van der Waals surface area (Å²) in [7, 11) is 0.